The van der Waals surface area contributed by atoms with Crippen molar-refractivity contribution in [1.82, 2.24) is 9.55 Å². The summed E-state index contributed by atoms with van der Waals surface area (Å²) < 4.78 is 12.8. The van der Waals surface area contributed by atoms with Crippen LogP contribution in [0, 0.1) is 0 Å². The molecule has 3 aromatic rings. The van der Waals surface area contributed by atoms with Gasteiger partial charge in [-0.1, -0.05) is 12.1 Å². The van der Waals surface area contributed by atoms with E-state index >= 15 is 0 Å². The van der Waals surface area contributed by atoms with Crippen LogP contribution in [0.2, 0.25) is 0 Å². The summed E-state index contributed by atoms with van der Waals surface area (Å²) in [4.78, 5) is 4.56. The number of rotatable bonds is 7. The van der Waals surface area contributed by atoms with Gasteiger partial charge < -0.3 is 19.8 Å². The highest BCUT2D eigenvalue weighted by Crippen LogP contribution is 2.25. The van der Waals surface area contributed by atoms with Gasteiger partial charge in [0.2, 0.25) is 0 Å². The molecule has 2 N–H and O–H groups in total. The summed E-state index contributed by atoms with van der Waals surface area (Å²) >= 11 is 0. The molecule has 0 fully saturated rings. The lowest BCUT2D eigenvalue weighted by Crippen LogP contribution is -2.18. The molecular formula is C21H25N3O2. The maximum absolute atomic E-state index is 6.43. The lowest BCUT2D eigenvalue weighted by Gasteiger charge is -2.14. The first-order valence-corrected chi connectivity index (χ1v) is 8.75. The van der Waals surface area contributed by atoms with Crippen LogP contribution in [0.25, 0.3) is 11.3 Å². The van der Waals surface area contributed by atoms with Gasteiger partial charge in [0.15, 0.2) is 0 Å². The van der Waals surface area contributed by atoms with Crippen LogP contribution in [0.3, 0.4) is 0 Å². The van der Waals surface area contributed by atoms with Gasteiger partial charge in [0.05, 0.1) is 31.6 Å². The monoisotopic (exact) mass is 351 g/mol. The molecule has 1 heterocycles. The Morgan fingerprint density at radius 2 is 1.69 bits per heavy atom. The fourth-order valence-corrected chi connectivity index (χ4v) is 3.03. The van der Waals surface area contributed by atoms with Crippen molar-refractivity contribution in [1.29, 1.82) is 0 Å². The number of aromatic nitrogens is 2. The summed E-state index contributed by atoms with van der Waals surface area (Å²) in [5.74, 6) is 2.58. The van der Waals surface area contributed by atoms with Crippen LogP contribution < -0.4 is 15.2 Å². The predicted octanol–water partition coefficient (Wildman–Crippen LogP) is 3.74. The third kappa shape index (κ3) is 3.89. The van der Waals surface area contributed by atoms with Crippen molar-refractivity contribution < 1.29 is 9.47 Å². The molecule has 5 heteroatoms. The molecule has 0 spiro atoms. The van der Waals surface area contributed by atoms with Crippen molar-refractivity contribution in [2.75, 3.05) is 13.7 Å². The predicted molar refractivity (Wildman–Crippen MR) is 103 cm³/mol. The molecule has 1 atom stereocenters. The van der Waals surface area contributed by atoms with Gasteiger partial charge in [0.25, 0.3) is 0 Å². The summed E-state index contributed by atoms with van der Waals surface area (Å²) in [6.45, 7) is 2.64. The van der Waals surface area contributed by atoms with Crippen LogP contribution in [0.5, 0.6) is 11.5 Å². The van der Waals surface area contributed by atoms with E-state index in [0.717, 1.165) is 40.6 Å². The first-order valence-electron chi connectivity index (χ1n) is 8.75. The molecule has 0 amide bonds. The Balaban J connectivity index is 1.75. The van der Waals surface area contributed by atoms with E-state index in [-0.39, 0.29) is 6.04 Å². The number of ether oxygens (including phenoxy) is 2. The van der Waals surface area contributed by atoms with Crippen LogP contribution in [-0.4, -0.2) is 23.3 Å². The van der Waals surface area contributed by atoms with Crippen molar-refractivity contribution in [3.05, 3.63) is 66.1 Å². The van der Waals surface area contributed by atoms with Gasteiger partial charge in [0.1, 0.15) is 17.3 Å². The van der Waals surface area contributed by atoms with Crippen molar-refractivity contribution in [2.24, 2.45) is 12.8 Å². The van der Waals surface area contributed by atoms with E-state index in [1.807, 2.05) is 56.6 Å². The molecule has 0 saturated heterocycles. The summed E-state index contributed by atoms with van der Waals surface area (Å²) in [6.07, 6.45) is 2.59. The van der Waals surface area contributed by atoms with Crippen LogP contribution in [0.1, 0.15) is 24.4 Å². The number of methoxy groups -OCH3 is 1. The number of hydrogen-bond donors (Lipinski definition) is 1. The van der Waals surface area contributed by atoms with Gasteiger partial charge in [-0.05, 0) is 55.3 Å². The third-order valence-corrected chi connectivity index (χ3v) is 4.43. The number of imidazole rings is 1. The quantitative estimate of drug-likeness (QED) is 0.704. The number of nitrogens with two attached hydrogens (primary N) is 1. The van der Waals surface area contributed by atoms with Crippen LogP contribution in [-0.2, 0) is 13.5 Å². The topological polar surface area (TPSA) is 62.3 Å². The zero-order valence-corrected chi connectivity index (χ0v) is 15.5. The minimum absolute atomic E-state index is 0.176. The molecular weight excluding hydrogens is 326 g/mol. The van der Waals surface area contributed by atoms with Crippen molar-refractivity contribution in [3.8, 4) is 22.8 Å². The minimum Gasteiger partial charge on any atom is -0.497 e. The zero-order valence-electron chi connectivity index (χ0n) is 15.5. The summed E-state index contributed by atoms with van der Waals surface area (Å²) in [5, 5.41) is 0. The van der Waals surface area contributed by atoms with Crippen LogP contribution >= 0.6 is 0 Å². The van der Waals surface area contributed by atoms with E-state index in [1.54, 1.807) is 7.11 Å². The minimum atomic E-state index is -0.176. The van der Waals surface area contributed by atoms with Crippen molar-refractivity contribution in [3.63, 3.8) is 0 Å². The maximum Gasteiger partial charge on any atom is 0.126 e. The van der Waals surface area contributed by atoms with E-state index in [9.17, 15) is 0 Å². The molecule has 5 nitrogen and oxygen atoms in total. The van der Waals surface area contributed by atoms with Gasteiger partial charge in [-0.3, -0.25) is 0 Å². The molecule has 136 valence electrons. The second-order valence-electron chi connectivity index (χ2n) is 6.18. The summed E-state index contributed by atoms with van der Waals surface area (Å²) in [5.41, 5.74) is 9.70. The Morgan fingerprint density at radius 3 is 2.31 bits per heavy atom. The average Bonchev–Trinajstić information content (AvgIpc) is 3.05. The second kappa shape index (κ2) is 8.06. The van der Waals surface area contributed by atoms with Gasteiger partial charge in [-0.15, -0.1) is 0 Å². The lowest BCUT2D eigenvalue weighted by molar-refractivity contribution is 0.340. The van der Waals surface area contributed by atoms with Gasteiger partial charge in [-0.25, -0.2) is 4.98 Å². The second-order valence-corrected chi connectivity index (χ2v) is 6.18. The molecule has 0 aliphatic heterocycles. The highest BCUT2D eigenvalue weighted by molar-refractivity contribution is 5.60. The molecule has 0 aliphatic rings. The standard InChI is InChI=1S/C21H25N3O2/c1-4-26-18-9-5-15(6-10-18)13-19(22)21-23-14-20(24(21)2)16-7-11-17(25-3)12-8-16/h5-12,14,19H,4,13,22H2,1-3H3/t19-/m0/s1. The van der Waals surface area contributed by atoms with Crippen molar-refractivity contribution >= 4 is 0 Å². The number of benzene rings is 2. The number of hydrogen-bond acceptors (Lipinski definition) is 4. The fraction of sp³-hybridized carbons (Fsp3) is 0.286. The summed E-state index contributed by atoms with van der Waals surface area (Å²) in [6, 6.07) is 15.8. The van der Waals surface area contributed by atoms with E-state index < -0.39 is 0 Å². The third-order valence-electron chi connectivity index (χ3n) is 4.43. The SMILES string of the molecule is CCOc1ccc(C[C@H](N)c2ncc(-c3ccc(OC)cc3)n2C)cc1. The molecule has 2 aromatic carbocycles. The fourth-order valence-electron chi connectivity index (χ4n) is 3.03. The highest BCUT2D eigenvalue weighted by Gasteiger charge is 2.16. The highest BCUT2D eigenvalue weighted by atomic mass is 16.5. The smallest absolute Gasteiger partial charge is 0.126 e. The zero-order chi connectivity index (χ0) is 18.5. The first kappa shape index (κ1) is 18.0. The van der Waals surface area contributed by atoms with E-state index in [1.165, 1.54) is 0 Å². The molecule has 1 aromatic heterocycles. The number of nitrogens with zero attached hydrogens (tertiary/aromatic N) is 2. The Hall–Kier alpha value is -2.79. The molecule has 26 heavy (non-hydrogen) atoms. The van der Waals surface area contributed by atoms with Crippen molar-refractivity contribution in [2.45, 2.75) is 19.4 Å². The normalized spacial score (nSPS) is 12.0. The largest absolute Gasteiger partial charge is 0.497 e. The van der Waals surface area contributed by atoms with E-state index in [4.69, 9.17) is 15.2 Å². The van der Waals surface area contributed by atoms with Crippen LogP contribution in [0.4, 0.5) is 0 Å². The summed E-state index contributed by atoms with van der Waals surface area (Å²) in [7, 11) is 3.66. The molecule has 0 aliphatic carbocycles. The average molecular weight is 351 g/mol. The van der Waals surface area contributed by atoms with Gasteiger partial charge in [-0.2, -0.15) is 0 Å². The maximum atomic E-state index is 6.43. The Labute approximate surface area is 154 Å². The van der Waals surface area contributed by atoms with Gasteiger partial charge in [0, 0.05) is 12.6 Å². The molecule has 0 saturated carbocycles. The Bertz CT molecular complexity index is 839. The van der Waals surface area contributed by atoms with E-state index in [0.29, 0.717) is 6.61 Å². The lowest BCUT2D eigenvalue weighted by atomic mass is 10.1. The van der Waals surface area contributed by atoms with Crippen LogP contribution in [0.15, 0.2) is 54.7 Å². The first-order chi connectivity index (χ1) is 12.6. The molecule has 0 bridgehead atoms. The Kier molecular flexibility index (Phi) is 5.58. The Morgan fingerprint density at radius 1 is 1.04 bits per heavy atom. The van der Waals surface area contributed by atoms with E-state index in [2.05, 4.69) is 21.7 Å². The molecule has 0 unspecified atom stereocenters. The molecule has 0 radical (unpaired) electrons. The molecule has 3 rings (SSSR count). The van der Waals surface area contributed by atoms with Gasteiger partial charge >= 0.3 is 0 Å².